The summed E-state index contributed by atoms with van der Waals surface area (Å²) < 4.78 is 2.18. The number of aromatic nitrogens is 2. The number of nitrogens with zero attached hydrogens (tertiary/aromatic N) is 2. The summed E-state index contributed by atoms with van der Waals surface area (Å²) in [6, 6.07) is 9.89. The molecule has 0 aliphatic carbocycles. The molecule has 6 heteroatoms. The van der Waals surface area contributed by atoms with E-state index in [-0.39, 0.29) is 12.3 Å². The van der Waals surface area contributed by atoms with Gasteiger partial charge in [0.2, 0.25) is 5.91 Å². The van der Waals surface area contributed by atoms with Gasteiger partial charge in [0.15, 0.2) is 0 Å². The van der Waals surface area contributed by atoms with Gasteiger partial charge in [-0.25, -0.2) is 4.98 Å². The molecule has 2 aromatic heterocycles. The van der Waals surface area contributed by atoms with Gasteiger partial charge in [-0.05, 0) is 51.1 Å². The van der Waals surface area contributed by atoms with E-state index in [4.69, 9.17) is 17.3 Å². The van der Waals surface area contributed by atoms with Crippen molar-refractivity contribution in [2.24, 2.45) is 5.73 Å². The van der Waals surface area contributed by atoms with Crippen molar-refractivity contribution in [1.82, 2.24) is 9.55 Å². The Kier molecular flexibility index (Phi) is 4.47. The first-order valence-electron chi connectivity index (χ1n) is 7.56. The molecule has 0 aliphatic rings. The summed E-state index contributed by atoms with van der Waals surface area (Å²) in [5.41, 5.74) is 10.6. The minimum Gasteiger partial charge on any atom is -0.369 e. The van der Waals surface area contributed by atoms with E-state index in [1.54, 1.807) is 0 Å². The molecule has 4 nitrogen and oxygen atoms in total. The van der Waals surface area contributed by atoms with Crippen LogP contribution < -0.4 is 5.73 Å². The molecule has 0 fully saturated rings. The molecule has 3 aromatic rings. The van der Waals surface area contributed by atoms with Crippen LogP contribution in [-0.4, -0.2) is 15.5 Å². The van der Waals surface area contributed by atoms with Gasteiger partial charge >= 0.3 is 0 Å². The fraction of sp³-hybridized carbons (Fsp3) is 0.222. The second-order valence-corrected chi connectivity index (χ2v) is 7.48. The van der Waals surface area contributed by atoms with Gasteiger partial charge in [-0.3, -0.25) is 4.79 Å². The van der Waals surface area contributed by atoms with Crippen LogP contribution in [0.3, 0.4) is 0 Å². The summed E-state index contributed by atoms with van der Waals surface area (Å²) in [5, 5.41) is 1.47. The lowest BCUT2D eigenvalue weighted by molar-refractivity contribution is -0.117. The number of amides is 1. The fourth-order valence-electron chi connectivity index (χ4n) is 2.92. The van der Waals surface area contributed by atoms with E-state index in [0.29, 0.717) is 5.02 Å². The van der Waals surface area contributed by atoms with E-state index in [1.807, 2.05) is 31.2 Å². The number of halogens is 1. The van der Waals surface area contributed by atoms with Crippen molar-refractivity contribution in [1.29, 1.82) is 0 Å². The summed E-state index contributed by atoms with van der Waals surface area (Å²) in [6.07, 6.45) is 0.182. The third-order valence-electron chi connectivity index (χ3n) is 3.94. The lowest BCUT2D eigenvalue weighted by atomic mass is 10.1. The Balaban J connectivity index is 2.08. The van der Waals surface area contributed by atoms with Crippen LogP contribution in [0.1, 0.15) is 21.3 Å². The van der Waals surface area contributed by atoms with Crippen LogP contribution in [0.25, 0.3) is 16.9 Å². The first-order valence-corrected chi connectivity index (χ1v) is 8.76. The maximum absolute atomic E-state index is 11.1. The zero-order valence-corrected chi connectivity index (χ0v) is 15.3. The number of carbonyl (C=O) groups excluding carboxylic acids is 1. The number of primary amides is 1. The van der Waals surface area contributed by atoms with Gasteiger partial charge in [0.1, 0.15) is 5.01 Å². The number of carbonyl (C=O) groups is 1. The lowest BCUT2D eigenvalue weighted by Gasteiger charge is -2.10. The summed E-state index contributed by atoms with van der Waals surface area (Å²) in [7, 11) is 0. The minimum absolute atomic E-state index is 0.182. The minimum atomic E-state index is -0.359. The van der Waals surface area contributed by atoms with Crippen LogP contribution in [0.15, 0.2) is 30.3 Å². The van der Waals surface area contributed by atoms with Gasteiger partial charge in [0.05, 0.1) is 12.1 Å². The van der Waals surface area contributed by atoms with Gasteiger partial charge < -0.3 is 10.3 Å². The van der Waals surface area contributed by atoms with Crippen LogP contribution >= 0.6 is 22.9 Å². The van der Waals surface area contributed by atoms with Crippen molar-refractivity contribution < 1.29 is 4.79 Å². The molecule has 0 atom stereocenters. The van der Waals surface area contributed by atoms with Crippen LogP contribution in [-0.2, 0) is 11.2 Å². The van der Waals surface area contributed by atoms with Crippen LogP contribution in [0.2, 0.25) is 5.02 Å². The van der Waals surface area contributed by atoms with Crippen LogP contribution in [0.5, 0.6) is 0 Å². The van der Waals surface area contributed by atoms with Crippen molar-refractivity contribution in [3.05, 3.63) is 56.6 Å². The smallest absolute Gasteiger partial charge is 0.224 e. The average Bonchev–Trinajstić information content (AvgIpc) is 2.99. The monoisotopic (exact) mass is 359 g/mol. The number of hydrogen-bond donors (Lipinski definition) is 1. The Morgan fingerprint density at radius 1 is 1.25 bits per heavy atom. The number of rotatable bonds is 4. The first kappa shape index (κ1) is 16.7. The summed E-state index contributed by atoms with van der Waals surface area (Å²) in [4.78, 5) is 16.8. The van der Waals surface area contributed by atoms with Crippen molar-refractivity contribution in [3.8, 4) is 16.9 Å². The van der Waals surface area contributed by atoms with Crippen molar-refractivity contribution in [2.75, 3.05) is 0 Å². The molecule has 1 aromatic carbocycles. The molecular formula is C18H18ClN3OS. The highest BCUT2D eigenvalue weighted by atomic mass is 35.5. The number of thiazole rings is 1. The summed E-state index contributed by atoms with van der Waals surface area (Å²) >= 11 is 7.51. The van der Waals surface area contributed by atoms with Gasteiger partial charge in [0, 0.05) is 32.5 Å². The standard InChI is InChI=1S/C18H18ClN3OS/c1-10-8-15(18-12(3)24-17(21-18)9-16(20)23)11(2)22(10)14-6-4-13(19)5-7-14/h4-8H,9H2,1-3H3,(H2,20,23). The van der Waals surface area contributed by atoms with E-state index in [0.717, 1.165) is 38.2 Å². The Morgan fingerprint density at radius 3 is 2.54 bits per heavy atom. The Labute approximate surface area is 149 Å². The SMILES string of the molecule is Cc1sc(CC(N)=O)nc1-c1cc(C)n(-c2ccc(Cl)cc2)c1C. The largest absolute Gasteiger partial charge is 0.369 e. The Morgan fingerprint density at radius 2 is 1.92 bits per heavy atom. The number of hydrogen-bond acceptors (Lipinski definition) is 3. The molecule has 0 radical (unpaired) electrons. The third-order valence-corrected chi connectivity index (χ3v) is 5.16. The van der Waals surface area contributed by atoms with Gasteiger partial charge in [0.25, 0.3) is 0 Å². The van der Waals surface area contributed by atoms with E-state index >= 15 is 0 Å². The molecule has 3 rings (SSSR count). The molecule has 0 saturated carbocycles. The maximum Gasteiger partial charge on any atom is 0.224 e. The van der Waals surface area contributed by atoms with Crippen LogP contribution in [0, 0.1) is 20.8 Å². The average molecular weight is 360 g/mol. The van der Waals surface area contributed by atoms with E-state index in [2.05, 4.69) is 29.5 Å². The molecule has 0 unspecified atom stereocenters. The third kappa shape index (κ3) is 3.09. The molecule has 24 heavy (non-hydrogen) atoms. The highest BCUT2D eigenvalue weighted by Crippen LogP contribution is 2.33. The van der Waals surface area contributed by atoms with Crippen molar-refractivity contribution >= 4 is 28.8 Å². The lowest BCUT2D eigenvalue weighted by Crippen LogP contribution is -2.13. The fourth-order valence-corrected chi connectivity index (χ4v) is 4.00. The van der Waals surface area contributed by atoms with Gasteiger partial charge in [-0.15, -0.1) is 11.3 Å². The van der Waals surface area contributed by atoms with Crippen molar-refractivity contribution in [3.63, 3.8) is 0 Å². The second-order valence-electron chi connectivity index (χ2n) is 5.75. The molecule has 0 saturated heterocycles. The molecule has 0 spiro atoms. The molecule has 1 amide bonds. The number of nitrogens with two attached hydrogens (primary N) is 1. The molecular weight excluding hydrogens is 342 g/mol. The molecule has 0 aliphatic heterocycles. The quantitative estimate of drug-likeness (QED) is 0.758. The second kappa shape index (κ2) is 6.42. The highest BCUT2D eigenvalue weighted by molar-refractivity contribution is 7.12. The van der Waals surface area contributed by atoms with E-state index < -0.39 is 0 Å². The van der Waals surface area contributed by atoms with Crippen LogP contribution in [0.4, 0.5) is 0 Å². The first-order chi connectivity index (χ1) is 11.4. The topological polar surface area (TPSA) is 60.9 Å². The summed E-state index contributed by atoms with van der Waals surface area (Å²) in [5.74, 6) is -0.359. The number of aryl methyl sites for hydroxylation is 2. The molecule has 2 heterocycles. The normalized spacial score (nSPS) is 11.0. The molecule has 124 valence electrons. The molecule has 0 bridgehead atoms. The zero-order chi connectivity index (χ0) is 17.4. The number of benzene rings is 1. The van der Waals surface area contributed by atoms with Crippen molar-refractivity contribution in [2.45, 2.75) is 27.2 Å². The Bertz CT molecular complexity index is 909. The predicted octanol–water partition coefficient (Wildman–Crippen LogP) is 4.21. The summed E-state index contributed by atoms with van der Waals surface area (Å²) in [6.45, 7) is 6.16. The van der Waals surface area contributed by atoms with E-state index in [9.17, 15) is 4.79 Å². The molecule has 2 N–H and O–H groups in total. The van der Waals surface area contributed by atoms with E-state index in [1.165, 1.54) is 11.3 Å². The Hall–Kier alpha value is -2.11. The highest BCUT2D eigenvalue weighted by Gasteiger charge is 2.18. The maximum atomic E-state index is 11.1. The zero-order valence-electron chi connectivity index (χ0n) is 13.8. The predicted molar refractivity (Wildman–Crippen MR) is 99.0 cm³/mol. The van der Waals surface area contributed by atoms with Gasteiger partial charge in [-0.1, -0.05) is 11.6 Å². The van der Waals surface area contributed by atoms with Gasteiger partial charge in [-0.2, -0.15) is 0 Å².